The molecule has 0 saturated carbocycles. The van der Waals surface area contributed by atoms with Crippen molar-refractivity contribution in [1.29, 1.82) is 0 Å². The average molecular weight is 342 g/mol. The van der Waals surface area contributed by atoms with Crippen LogP contribution in [0.15, 0.2) is 18.2 Å². The van der Waals surface area contributed by atoms with Crippen molar-refractivity contribution < 1.29 is 4.79 Å². The molecule has 1 aliphatic rings. The molecular weight excluding hydrogens is 316 g/mol. The van der Waals surface area contributed by atoms with Gasteiger partial charge in [-0.1, -0.05) is 0 Å². The Morgan fingerprint density at radius 1 is 1.16 bits per heavy atom. The van der Waals surface area contributed by atoms with Crippen molar-refractivity contribution in [3.63, 3.8) is 0 Å². The van der Waals surface area contributed by atoms with Gasteiger partial charge in [0.15, 0.2) is 11.6 Å². The Balaban J connectivity index is 1.62. The molecule has 1 saturated heterocycles. The second kappa shape index (κ2) is 7.21. The molecule has 3 heterocycles. The third kappa shape index (κ3) is 3.97. The van der Waals surface area contributed by atoms with Crippen LogP contribution in [0.2, 0.25) is 0 Å². The van der Waals surface area contributed by atoms with Crippen LogP contribution in [-0.2, 0) is 4.79 Å². The highest BCUT2D eigenvalue weighted by molar-refractivity contribution is 5.79. The van der Waals surface area contributed by atoms with Gasteiger partial charge in [-0.25, -0.2) is 4.68 Å². The molecule has 2 aromatic heterocycles. The largest absolute Gasteiger partial charge is 0.355 e. The van der Waals surface area contributed by atoms with E-state index in [1.807, 2.05) is 45.9 Å². The first-order chi connectivity index (χ1) is 11.9. The number of hydrogen-bond acceptors (Lipinski definition) is 5. The fourth-order valence-electron chi connectivity index (χ4n) is 3.23. The van der Waals surface area contributed by atoms with Gasteiger partial charge in [0.25, 0.3) is 0 Å². The highest BCUT2D eigenvalue weighted by Gasteiger charge is 2.26. The third-order valence-electron chi connectivity index (χ3n) is 4.48. The Hall–Kier alpha value is -2.44. The number of nitrogens with one attached hydrogen (secondary N) is 1. The van der Waals surface area contributed by atoms with Crippen molar-refractivity contribution in [3.05, 3.63) is 29.6 Å². The molecule has 0 spiro atoms. The maximum atomic E-state index is 12.1. The highest BCUT2D eigenvalue weighted by atomic mass is 16.1. The summed E-state index contributed by atoms with van der Waals surface area (Å²) in [5.74, 6) is 1.84. The molecule has 0 aromatic carbocycles. The summed E-state index contributed by atoms with van der Waals surface area (Å²) in [5.41, 5.74) is 2.00. The van der Waals surface area contributed by atoms with Gasteiger partial charge in [-0.2, -0.15) is 5.10 Å². The summed E-state index contributed by atoms with van der Waals surface area (Å²) in [6.45, 7) is 9.60. The van der Waals surface area contributed by atoms with Gasteiger partial charge in [-0.3, -0.25) is 4.79 Å². The zero-order chi connectivity index (χ0) is 18.0. The van der Waals surface area contributed by atoms with Crippen LogP contribution in [-0.4, -0.2) is 45.0 Å². The van der Waals surface area contributed by atoms with Gasteiger partial charge in [0.2, 0.25) is 5.91 Å². The number of piperidine rings is 1. The molecule has 0 radical (unpaired) electrons. The van der Waals surface area contributed by atoms with Gasteiger partial charge < -0.3 is 10.2 Å². The summed E-state index contributed by atoms with van der Waals surface area (Å²) in [4.78, 5) is 14.3. The van der Waals surface area contributed by atoms with Crippen LogP contribution in [0.5, 0.6) is 0 Å². The lowest BCUT2D eigenvalue weighted by Gasteiger charge is -2.32. The van der Waals surface area contributed by atoms with Crippen molar-refractivity contribution in [2.24, 2.45) is 5.92 Å². The fourth-order valence-corrected chi connectivity index (χ4v) is 3.23. The van der Waals surface area contributed by atoms with Gasteiger partial charge in [0, 0.05) is 30.7 Å². The Kier molecular flexibility index (Phi) is 5.01. The second-order valence-electron chi connectivity index (χ2n) is 7.01. The van der Waals surface area contributed by atoms with E-state index in [2.05, 4.69) is 25.5 Å². The summed E-state index contributed by atoms with van der Waals surface area (Å²) >= 11 is 0. The van der Waals surface area contributed by atoms with E-state index < -0.39 is 0 Å². The van der Waals surface area contributed by atoms with Gasteiger partial charge in [-0.15, -0.1) is 10.2 Å². The Labute approximate surface area is 148 Å². The number of carbonyl (C=O) groups is 1. The zero-order valence-electron chi connectivity index (χ0n) is 15.4. The molecule has 134 valence electrons. The monoisotopic (exact) mass is 342 g/mol. The maximum absolute atomic E-state index is 12.1. The smallest absolute Gasteiger partial charge is 0.223 e. The van der Waals surface area contributed by atoms with Crippen LogP contribution in [0.25, 0.3) is 5.82 Å². The summed E-state index contributed by atoms with van der Waals surface area (Å²) < 4.78 is 1.80. The van der Waals surface area contributed by atoms with Crippen LogP contribution in [0.1, 0.15) is 38.1 Å². The highest BCUT2D eigenvalue weighted by Crippen LogP contribution is 2.22. The summed E-state index contributed by atoms with van der Waals surface area (Å²) in [7, 11) is 0. The van der Waals surface area contributed by atoms with Gasteiger partial charge in [-0.05, 0) is 58.7 Å². The molecule has 1 N–H and O–H groups in total. The molecule has 1 fully saturated rings. The lowest BCUT2D eigenvalue weighted by Crippen LogP contribution is -2.42. The van der Waals surface area contributed by atoms with Crippen molar-refractivity contribution in [2.75, 3.05) is 18.0 Å². The van der Waals surface area contributed by atoms with E-state index in [1.54, 1.807) is 4.68 Å². The second-order valence-corrected chi connectivity index (χ2v) is 7.01. The van der Waals surface area contributed by atoms with Crippen LogP contribution in [0, 0.1) is 19.8 Å². The van der Waals surface area contributed by atoms with E-state index in [1.165, 1.54) is 0 Å². The lowest BCUT2D eigenvalue weighted by molar-refractivity contribution is -0.126. The number of aromatic nitrogens is 4. The van der Waals surface area contributed by atoms with Crippen molar-refractivity contribution in [3.8, 4) is 5.82 Å². The Bertz CT molecular complexity index is 729. The molecule has 7 heteroatoms. The normalized spacial score (nSPS) is 15.6. The fraction of sp³-hybridized carbons (Fsp3) is 0.556. The summed E-state index contributed by atoms with van der Waals surface area (Å²) in [6, 6.07) is 6.13. The first-order valence-electron chi connectivity index (χ1n) is 8.86. The number of amides is 1. The Morgan fingerprint density at radius 3 is 2.32 bits per heavy atom. The van der Waals surface area contributed by atoms with E-state index in [-0.39, 0.29) is 17.9 Å². The van der Waals surface area contributed by atoms with Crippen LogP contribution < -0.4 is 10.2 Å². The minimum Gasteiger partial charge on any atom is -0.355 e. The Morgan fingerprint density at radius 2 is 1.80 bits per heavy atom. The first kappa shape index (κ1) is 17.4. The van der Waals surface area contributed by atoms with E-state index in [0.717, 1.165) is 49.0 Å². The number of nitrogens with zero attached hydrogens (tertiary/aromatic N) is 5. The minimum atomic E-state index is 0.0978. The molecule has 1 amide bonds. The van der Waals surface area contributed by atoms with Gasteiger partial charge in [0.1, 0.15) is 0 Å². The predicted octanol–water partition coefficient (Wildman–Crippen LogP) is 2.02. The topological polar surface area (TPSA) is 75.9 Å². The number of rotatable bonds is 4. The van der Waals surface area contributed by atoms with Crippen molar-refractivity contribution >= 4 is 11.7 Å². The van der Waals surface area contributed by atoms with Crippen LogP contribution >= 0.6 is 0 Å². The number of anilines is 1. The van der Waals surface area contributed by atoms with Crippen molar-refractivity contribution in [2.45, 2.75) is 46.6 Å². The quantitative estimate of drug-likeness (QED) is 0.920. The number of hydrogen-bond donors (Lipinski definition) is 1. The van der Waals surface area contributed by atoms with E-state index in [4.69, 9.17) is 0 Å². The van der Waals surface area contributed by atoms with E-state index in [9.17, 15) is 4.79 Å². The van der Waals surface area contributed by atoms with Crippen LogP contribution in [0.4, 0.5) is 5.82 Å². The first-order valence-corrected chi connectivity index (χ1v) is 8.86. The molecular formula is C18H26N6O. The van der Waals surface area contributed by atoms with Crippen molar-refractivity contribution in [1.82, 2.24) is 25.3 Å². The maximum Gasteiger partial charge on any atom is 0.223 e. The standard InChI is InChI=1S/C18H26N6O/c1-12(2)19-18(25)15-7-9-23(10-8-15)16-5-6-17(21-20-16)24-14(4)11-13(3)22-24/h5-6,11-12,15H,7-10H2,1-4H3,(H,19,25). The van der Waals surface area contributed by atoms with Gasteiger partial charge in [0.05, 0.1) is 5.69 Å². The van der Waals surface area contributed by atoms with Gasteiger partial charge >= 0.3 is 0 Å². The minimum absolute atomic E-state index is 0.0978. The number of carbonyl (C=O) groups excluding carboxylic acids is 1. The van der Waals surface area contributed by atoms with E-state index in [0.29, 0.717) is 0 Å². The molecule has 2 aromatic rings. The molecule has 7 nitrogen and oxygen atoms in total. The SMILES string of the molecule is Cc1cc(C)n(-c2ccc(N3CCC(C(=O)NC(C)C)CC3)nn2)n1. The molecule has 3 rings (SSSR count). The molecule has 25 heavy (non-hydrogen) atoms. The summed E-state index contributed by atoms with van der Waals surface area (Å²) in [5, 5.41) is 16.1. The predicted molar refractivity (Wildman–Crippen MR) is 96.8 cm³/mol. The molecule has 1 aliphatic heterocycles. The zero-order valence-corrected chi connectivity index (χ0v) is 15.4. The number of aryl methyl sites for hydroxylation is 2. The molecule has 0 atom stereocenters. The molecule has 0 aliphatic carbocycles. The lowest BCUT2D eigenvalue weighted by atomic mass is 9.95. The molecule has 0 unspecified atom stereocenters. The third-order valence-corrected chi connectivity index (χ3v) is 4.48. The summed E-state index contributed by atoms with van der Waals surface area (Å²) in [6.07, 6.45) is 1.69. The average Bonchev–Trinajstić information content (AvgIpc) is 2.93. The van der Waals surface area contributed by atoms with E-state index >= 15 is 0 Å². The molecule has 0 bridgehead atoms. The van der Waals surface area contributed by atoms with Crippen LogP contribution in [0.3, 0.4) is 0 Å².